The third-order valence-electron chi connectivity index (χ3n) is 5.62. The van der Waals surface area contributed by atoms with Gasteiger partial charge < -0.3 is 10.1 Å². The van der Waals surface area contributed by atoms with Gasteiger partial charge in [0.25, 0.3) is 0 Å². The number of aryl methyl sites for hydroxylation is 1. The molecule has 28 heavy (non-hydrogen) atoms. The van der Waals surface area contributed by atoms with Crippen LogP contribution in [0.15, 0.2) is 48.5 Å². The topological polar surface area (TPSA) is 55.6 Å². The lowest BCUT2D eigenvalue weighted by atomic mass is 10.1. The summed E-state index contributed by atoms with van der Waals surface area (Å²) in [5.41, 5.74) is 3.87. The zero-order valence-corrected chi connectivity index (χ0v) is 15.9. The number of carbonyl (C=O) groups is 1. The number of para-hydroxylation sites is 2. The van der Waals surface area contributed by atoms with Crippen LogP contribution in [0, 0.1) is 6.92 Å². The molecule has 3 heterocycles. The van der Waals surface area contributed by atoms with Gasteiger partial charge in [-0.25, -0.2) is 4.98 Å². The second-order valence-corrected chi connectivity index (χ2v) is 7.47. The number of ether oxygens (including phenoxy) is 1. The fourth-order valence-electron chi connectivity index (χ4n) is 4.32. The second-order valence-electron chi connectivity index (χ2n) is 7.47. The van der Waals surface area contributed by atoms with Gasteiger partial charge in [-0.3, -0.25) is 9.20 Å². The van der Waals surface area contributed by atoms with E-state index in [0.29, 0.717) is 6.42 Å². The Kier molecular flexibility index (Phi) is 4.24. The molecule has 0 bridgehead atoms. The predicted octanol–water partition coefficient (Wildman–Crippen LogP) is 4.85. The zero-order chi connectivity index (χ0) is 19.1. The predicted molar refractivity (Wildman–Crippen MR) is 112 cm³/mol. The van der Waals surface area contributed by atoms with E-state index in [1.54, 1.807) is 0 Å². The number of rotatable bonds is 4. The number of nitrogens with zero attached hydrogens (tertiary/aromatic N) is 2. The molecule has 1 aliphatic heterocycles. The highest BCUT2D eigenvalue weighted by atomic mass is 16.5. The molecule has 5 heteroatoms. The average Bonchev–Trinajstić information content (AvgIpc) is 3.34. The number of nitrogens with one attached hydrogen (secondary N) is 1. The lowest BCUT2D eigenvalue weighted by Gasteiger charge is -2.11. The van der Waals surface area contributed by atoms with Crippen molar-refractivity contribution in [2.45, 2.75) is 38.7 Å². The maximum atomic E-state index is 12.8. The van der Waals surface area contributed by atoms with E-state index in [1.165, 1.54) is 0 Å². The maximum absolute atomic E-state index is 12.8. The van der Waals surface area contributed by atoms with Crippen molar-refractivity contribution >= 4 is 38.9 Å². The van der Waals surface area contributed by atoms with Crippen molar-refractivity contribution in [1.29, 1.82) is 0 Å². The molecule has 0 saturated carbocycles. The fourth-order valence-corrected chi connectivity index (χ4v) is 4.32. The largest absolute Gasteiger partial charge is 0.378 e. The van der Waals surface area contributed by atoms with E-state index < -0.39 is 0 Å². The van der Waals surface area contributed by atoms with Crippen LogP contribution in [0.2, 0.25) is 0 Å². The van der Waals surface area contributed by atoms with Gasteiger partial charge in [0.1, 0.15) is 5.82 Å². The smallest absolute Gasteiger partial charge is 0.224 e. The number of benzene rings is 2. The van der Waals surface area contributed by atoms with Crippen molar-refractivity contribution in [2.24, 2.45) is 0 Å². The Bertz CT molecular complexity index is 1190. The molecule has 5 nitrogen and oxygen atoms in total. The van der Waals surface area contributed by atoms with Gasteiger partial charge in [0.05, 0.1) is 28.3 Å². The molecule has 2 aromatic heterocycles. The highest BCUT2D eigenvalue weighted by molar-refractivity contribution is 6.16. The molecular weight excluding hydrogens is 350 g/mol. The summed E-state index contributed by atoms with van der Waals surface area (Å²) in [6.45, 7) is 2.83. The summed E-state index contributed by atoms with van der Waals surface area (Å²) in [5.74, 6) is 0.942. The number of aromatic nitrogens is 2. The first kappa shape index (κ1) is 17.2. The van der Waals surface area contributed by atoms with Crippen LogP contribution in [0.5, 0.6) is 0 Å². The average molecular weight is 373 g/mol. The molecule has 1 aliphatic rings. The third-order valence-corrected chi connectivity index (χ3v) is 5.62. The van der Waals surface area contributed by atoms with E-state index in [4.69, 9.17) is 9.72 Å². The fraction of sp³-hybridized carbons (Fsp3) is 0.304. The zero-order valence-electron chi connectivity index (χ0n) is 15.9. The molecular formula is C23H23N3O2. The van der Waals surface area contributed by atoms with Gasteiger partial charge in [0.15, 0.2) is 0 Å². The Morgan fingerprint density at radius 2 is 1.96 bits per heavy atom. The van der Waals surface area contributed by atoms with Crippen LogP contribution in [0.1, 0.15) is 31.5 Å². The molecule has 0 aliphatic carbocycles. The van der Waals surface area contributed by atoms with Crippen LogP contribution < -0.4 is 5.32 Å². The van der Waals surface area contributed by atoms with E-state index in [1.807, 2.05) is 37.3 Å². The molecule has 1 unspecified atom stereocenters. The van der Waals surface area contributed by atoms with Crippen LogP contribution in [-0.4, -0.2) is 28.0 Å². The first-order valence-corrected chi connectivity index (χ1v) is 9.92. The summed E-state index contributed by atoms with van der Waals surface area (Å²) < 4.78 is 7.81. The van der Waals surface area contributed by atoms with E-state index in [2.05, 4.69) is 27.9 Å². The molecule has 2 aromatic carbocycles. The first-order valence-electron chi connectivity index (χ1n) is 9.92. The third kappa shape index (κ3) is 2.83. The Morgan fingerprint density at radius 3 is 2.79 bits per heavy atom. The summed E-state index contributed by atoms with van der Waals surface area (Å²) in [6, 6.07) is 16.3. The Labute approximate surface area is 163 Å². The van der Waals surface area contributed by atoms with E-state index >= 15 is 0 Å². The van der Waals surface area contributed by atoms with Crippen molar-refractivity contribution in [3.8, 4) is 0 Å². The Hall–Kier alpha value is -2.92. The summed E-state index contributed by atoms with van der Waals surface area (Å²) in [5, 5.41) is 5.28. The molecule has 1 atom stereocenters. The molecule has 5 rings (SSSR count). The van der Waals surface area contributed by atoms with Gasteiger partial charge in [-0.15, -0.1) is 0 Å². The quantitative estimate of drug-likeness (QED) is 0.556. The summed E-state index contributed by atoms with van der Waals surface area (Å²) >= 11 is 0. The van der Waals surface area contributed by atoms with E-state index in [9.17, 15) is 4.79 Å². The van der Waals surface area contributed by atoms with Crippen LogP contribution in [0.3, 0.4) is 0 Å². The number of carbonyl (C=O) groups excluding carboxylic acids is 1. The lowest BCUT2D eigenvalue weighted by molar-refractivity contribution is -0.116. The van der Waals surface area contributed by atoms with Crippen molar-refractivity contribution < 1.29 is 9.53 Å². The number of anilines is 1. The molecule has 0 radical (unpaired) electrons. The van der Waals surface area contributed by atoms with Gasteiger partial charge in [-0.05, 0) is 38.3 Å². The summed E-state index contributed by atoms with van der Waals surface area (Å²) in [7, 11) is 0. The van der Waals surface area contributed by atoms with Crippen LogP contribution in [-0.2, 0) is 9.53 Å². The van der Waals surface area contributed by atoms with Gasteiger partial charge in [-0.1, -0.05) is 36.4 Å². The van der Waals surface area contributed by atoms with Crippen molar-refractivity contribution in [3.63, 3.8) is 0 Å². The molecule has 142 valence electrons. The van der Waals surface area contributed by atoms with Crippen LogP contribution >= 0.6 is 0 Å². The number of fused-ring (bicyclic) bond motifs is 5. The minimum atomic E-state index is 0.0345. The highest BCUT2D eigenvalue weighted by Crippen LogP contribution is 2.36. The number of hydrogen-bond donors (Lipinski definition) is 1. The first-order chi connectivity index (χ1) is 13.7. The Balaban J connectivity index is 1.62. The van der Waals surface area contributed by atoms with E-state index in [-0.39, 0.29) is 12.0 Å². The molecule has 0 spiro atoms. The van der Waals surface area contributed by atoms with Crippen LogP contribution in [0.4, 0.5) is 5.69 Å². The van der Waals surface area contributed by atoms with Gasteiger partial charge >= 0.3 is 0 Å². The SMILES string of the molecule is Cc1nc2ccccc2c2c(NC(=O)CCC3CCCO3)c3ccccc3n12. The van der Waals surface area contributed by atoms with Crippen molar-refractivity contribution in [1.82, 2.24) is 9.38 Å². The lowest BCUT2D eigenvalue weighted by Crippen LogP contribution is -2.15. The van der Waals surface area contributed by atoms with Crippen molar-refractivity contribution in [3.05, 3.63) is 54.4 Å². The maximum Gasteiger partial charge on any atom is 0.224 e. The van der Waals surface area contributed by atoms with Gasteiger partial charge in [0, 0.05) is 23.8 Å². The van der Waals surface area contributed by atoms with Gasteiger partial charge in [0.2, 0.25) is 5.91 Å². The molecule has 1 amide bonds. The van der Waals surface area contributed by atoms with Gasteiger partial charge in [-0.2, -0.15) is 0 Å². The molecule has 4 aromatic rings. The standard InChI is InChI=1S/C23H23N3O2/c1-15-24-19-10-4-2-8-17(19)23-22(18-9-3-5-11-20(18)26(15)23)25-21(27)13-12-16-7-6-14-28-16/h2-5,8-11,16H,6-7,12-14H2,1H3,(H,25,27). The highest BCUT2D eigenvalue weighted by Gasteiger charge is 2.20. The van der Waals surface area contributed by atoms with Crippen molar-refractivity contribution in [2.75, 3.05) is 11.9 Å². The number of hydrogen-bond acceptors (Lipinski definition) is 3. The molecule has 1 N–H and O–H groups in total. The number of amides is 1. The van der Waals surface area contributed by atoms with Crippen LogP contribution in [0.25, 0.3) is 27.3 Å². The summed E-state index contributed by atoms with van der Waals surface area (Å²) in [6.07, 6.45) is 3.62. The van der Waals surface area contributed by atoms with E-state index in [0.717, 1.165) is 64.7 Å². The molecule has 1 saturated heterocycles. The monoisotopic (exact) mass is 373 g/mol. The minimum absolute atomic E-state index is 0.0345. The normalized spacial score (nSPS) is 17.0. The minimum Gasteiger partial charge on any atom is -0.378 e. The summed E-state index contributed by atoms with van der Waals surface area (Å²) in [4.78, 5) is 17.6. The molecule has 1 fully saturated rings. The Morgan fingerprint density at radius 1 is 1.18 bits per heavy atom. The second kappa shape index (κ2) is 6.91.